The molecule has 0 bridgehead atoms. The van der Waals surface area contributed by atoms with Crippen LogP contribution in [-0.4, -0.2) is 43.0 Å². The lowest BCUT2D eigenvalue weighted by Crippen LogP contribution is -2.50. The number of ether oxygens (including phenoxy) is 3. The molecule has 35 heavy (non-hydrogen) atoms. The summed E-state index contributed by atoms with van der Waals surface area (Å²) in [7, 11) is 1.73. The monoisotopic (exact) mass is 481 g/mol. The van der Waals surface area contributed by atoms with Crippen LogP contribution in [0.15, 0.2) is 30.3 Å². The van der Waals surface area contributed by atoms with Gasteiger partial charge in [0.1, 0.15) is 11.3 Å². The van der Waals surface area contributed by atoms with Gasteiger partial charge in [-0.15, -0.1) is 0 Å². The maximum Gasteiger partial charge on any atom is 0.329 e. The Labute approximate surface area is 209 Å². The molecule has 2 N–H and O–H groups in total. The molecule has 2 fully saturated rings. The quantitative estimate of drug-likeness (QED) is 0.438. The molecule has 1 aliphatic carbocycles. The first-order valence-electron chi connectivity index (χ1n) is 12.9. The lowest BCUT2D eigenvalue weighted by Gasteiger charge is -2.35. The number of hydrogen-bond donors (Lipinski definition) is 2. The minimum atomic E-state index is -1.01. The summed E-state index contributed by atoms with van der Waals surface area (Å²) in [6.45, 7) is 7.83. The van der Waals surface area contributed by atoms with Gasteiger partial charge in [-0.25, -0.2) is 4.79 Å². The number of aliphatic carboxylic acids is 1. The number of carboxylic acids is 1. The van der Waals surface area contributed by atoms with Gasteiger partial charge in [0, 0.05) is 31.7 Å². The van der Waals surface area contributed by atoms with E-state index in [9.17, 15) is 9.90 Å². The molecule has 1 saturated carbocycles. The molecule has 6 heteroatoms. The molecular weight excluding hydrogens is 442 g/mol. The van der Waals surface area contributed by atoms with E-state index >= 15 is 0 Å². The van der Waals surface area contributed by atoms with Crippen molar-refractivity contribution in [1.82, 2.24) is 0 Å². The van der Waals surface area contributed by atoms with Gasteiger partial charge in [-0.2, -0.15) is 0 Å². The van der Waals surface area contributed by atoms with Crippen molar-refractivity contribution in [2.75, 3.05) is 25.6 Å². The van der Waals surface area contributed by atoms with E-state index in [0.717, 1.165) is 46.5 Å². The highest BCUT2D eigenvalue weighted by Crippen LogP contribution is 2.39. The summed E-state index contributed by atoms with van der Waals surface area (Å²) in [5, 5.41) is 13.3. The number of hydrogen-bond acceptors (Lipinski definition) is 5. The second-order valence-corrected chi connectivity index (χ2v) is 10.2. The molecule has 0 radical (unpaired) electrons. The molecule has 0 unspecified atom stereocenters. The number of carbonyl (C=O) groups is 1. The normalized spacial score (nSPS) is 18.1. The van der Waals surface area contributed by atoms with E-state index in [4.69, 9.17) is 14.2 Å². The number of carboxylic acid groups (broad SMARTS) is 1. The van der Waals surface area contributed by atoms with Crippen molar-refractivity contribution in [3.05, 3.63) is 47.0 Å². The van der Waals surface area contributed by atoms with Crippen LogP contribution in [0.1, 0.15) is 75.0 Å². The fourth-order valence-corrected chi connectivity index (χ4v) is 5.43. The zero-order valence-electron chi connectivity index (χ0n) is 21.5. The first-order valence-corrected chi connectivity index (χ1v) is 12.9. The molecule has 2 aliphatic rings. The van der Waals surface area contributed by atoms with Gasteiger partial charge in [-0.05, 0) is 65.6 Å². The van der Waals surface area contributed by atoms with Gasteiger partial charge in [0.15, 0.2) is 0 Å². The van der Waals surface area contributed by atoms with Crippen LogP contribution in [0.2, 0.25) is 0 Å². The Balaban J connectivity index is 1.72. The number of rotatable bonds is 9. The van der Waals surface area contributed by atoms with Crippen molar-refractivity contribution >= 4 is 11.7 Å². The van der Waals surface area contributed by atoms with E-state index in [1.165, 1.54) is 18.4 Å². The predicted octanol–water partition coefficient (Wildman–Crippen LogP) is 6.30. The summed E-state index contributed by atoms with van der Waals surface area (Å²) < 4.78 is 17.6. The summed E-state index contributed by atoms with van der Waals surface area (Å²) in [6.07, 6.45) is 5.80. The highest BCUT2D eigenvalue weighted by Gasteiger charge is 2.40. The third kappa shape index (κ3) is 5.49. The SMILES string of the molecule is COc1c(C(C)C)ccc(-c2ccc(NC3(C(=O)O)CCOCC3)cc2COC2CCCC2)c1C. The van der Waals surface area contributed by atoms with Gasteiger partial charge in [0.05, 0.1) is 19.8 Å². The highest BCUT2D eigenvalue weighted by atomic mass is 16.5. The molecule has 2 aromatic rings. The van der Waals surface area contributed by atoms with E-state index in [-0.39, 0.29) is 0 Å². The predicted molar refractivity (Wildman–Crippen MR) is 138 cm³/mol. The maximum absolute atomic E-state index is 12.2. The molecule has 0 aromatic heterocycles. The molecule has 2 aromatic carbocycles. The molecule has 0 atom stereocenters. The molecule has 6 nitrogen and oxygen atoms in total. The van der Waals surface area contributed by atoms with Crippen LogP contribution < -0.4 is 10.1 Å². The fourth-order valence-electron chi connectivity index (χ4n) is 5.43. The lowest BCUT2D eigenvalue weighted by atomic mass is 9.88. The minimum absolute atomic E-state index is 0.291. The Kier molecular flexibility index (Phi) is 8.02. The second-order valence-electron chi connectivity index (χ2n) is 10.2. The van der Waals surface area contributed by atoms with Crippen molar-refractivity contribution in [2.45, 2.75) is 83.5 Å². The largest absolute Gasteiger partial charge is 0.496 e. The Morgan fingerprint density at radius 2 is 1.83 bits per heavy atom. The second kappa shape index (κ2) is 11.0. The summed E-state index contributed by atoms with van der Waals surface area (Å²) >= 11 is 0. The average Bonchev–Trinajstić information content (AvgIpc) is 3.37. The van der Waals surface area contributed by atoms with Crippen LogP contribution in [0, 0.1) is 6.92 Å². The molecule has 1 saturated heterocycles. The van der Waals surface area contributed by atoms with Crippen molar-refractivity contribution in [2.24, 2.45) is 0 Å². The summed E-state index contributed by atoms with van der Waals surface area (Å²) in [5.74, 6) is 0.453. The Hall–Kier alpha value is -2.57. The van der Waals surface area contributed by atoms with Gasteiger partial charge in [0.25, 0.3) is 0 Å². The first-order chi connectivity index (χ1) is 16.8. The summed E-state index contributed by atoms with van der Waals surface area (Å²) in [5.41, 5.74) is 5.34. The van der Waals surface area contributed by atoms with Gasteiger partial charge < -0.3 is 24.6 Å². The van der Waals surface area contributed by atoms with Crippen LogP contribution in [0.3, 0.4) is 0 Å². The minimum Gasteiger partial charge on any atom is -0.496 e. The van der Waals surface area contributed by atoms with E-state index in [2.05, 4.69) is 50.4 Å². The highest BCUT2D eigenvalue weighted by molar-refractivity contribution is 5.84. The number of methoxy groups -OCH3 is 1. The molecule has 0 amide bonds. The van der Waals surface area contributed by atoms with Crippen molar-refractivity contribution in [1.29, 1.82) is 0 Å². The van der Waals surface area contributed by atoms with Crippen LogP contribution in [0.4, 0.5) is 5.69 Å². The Morgan fingerprint density at radius 3 is 2.46 bits per heavy atom. The third-order valence-corrected chi connectivity index (χ3v) is 7.57. The Morgan fingerprint density at radius 1 is 1.14 bits per heavy atom. The van der Waals surface area contributed by atoms with Crippen LogP contribution >= 0.6 is 0 Å². The number of anilines is 1. The molecule has 190 valence electrons. The van der Waals surface area contributed by atoms with Crippen LogP contribution in [0.5, 0.6) is 5.75 Å². The number of nitrogens with one attached hydrogen (secondary N) is 1. The third-order valence-electron chi connectivity index (χ3n) is 7.57. The van der Waals surface area contributed by atoms with Crippen LogP contribution in [-0.2, 0) is 20.9 Å². The van der Waals surface area contributed by atoms with Gasteiger partial charge >= 0.3 is 5.97 Å². The van der Waals surface area contributed by atoms with Gasteiger partial charge in [-0.3, -0.25) is 0 Å². The maximum atomic E-state index is 12.2. The molecule has 0 spiro atoms. The molecule has 1 heterocycles. The smallest absolute Gasteiger partial charge is 0.329 e. The Bertz CT molecular complexity index is 1040. The number of benzene rings is 2. The summed E-state index contributed by atoms with van der Waals surface area (Å²) in [6, 6.07) is 10.5. The standard InChI is InChI=1S/C29H39NO5/c1-19(2)24-11-12-25(20(3)27(24)33-4)26-10-9-22(17-21(26)18-35-23-7-5-6-8-23)30-29(28(31)32)13-15-34-16-14-29/h9-12,17,19,23,30H,5-8,13-16,18H2,1-4H3,(H,31,32). The van der Waals surface area contributed by atoms with Crippen molar-refractivity contribution in [3.8, 4) is 16.9 Å². The lowest BCUT2D eigenvalue weighted by molar-refractivity contribution is -0.145. The van der Waals surface area contributed by atoms with Gasteiger partial charge in [0.2, 0.25) is 0 Å². The first kappa shape index (κ1) is 25.5. The van der Waals surface area contributed by atoms with E-state index in [1.54, 1.807) is 7.11 Å². The molecule has 4 rings (SSSR count). The van der Waals surface area contributed by atoms with Crippen molar-refractivity contribution in [3.63, 3.8) is 0 Å². The fraction of sp³-hybridized carbons (Fsp3) is 0.552. The zero-order chi connectivity index (χ0) is 25.0. The zero-order valence-corrected chi connectivity index (χ0v) is 21.5. The average molecular weight is 482 g/mol. The van der Waals surface area contributed by atoms with Crippen LogP contribution in [0.25, 0.3) is 11.1 Å². The summed E-state index contributed by atoms with van der Waals surface area (Å²) in [4.78, 5) is 12.2. The van der Waals surface area contributed by atoms with Crippen molar-refractivity contribution < 1.29 is 24.1 Å². The van der Waals surface area contributed by atoms with E-state index in [1.807, 2.05) is 6.07 Å². The van der Waals surface area contributed by atoms with E-state index in [0.29, 0.717) is 44.7 Å². The molecular formula is C29H39NO5. The topological polar surface area (TPSA) is 77.0 Å². The molecule has 1 aliphatic heterocycles. The van der Waals surface area contributed by atoms with E-state index < -0.39 is 11.5 Å². The van der Waals surface area contributed by atoms with Gasteiger partial charge in [-0.1, -0.05) is 44.9 Å².